The number of carboxylic acid groups (broad SMARTS) is 1. The quantitative estimate of drug-likeness (QED) is 0.674. The first-order valence-electron chi connectivity index (χ1n) is 5.70. The van der Waals surface area contributed by atoms with E-state index in [2.05, 4.69) is 4.98 Å². The molecule has 0 fully saturated rings. The van der Waals surface area contributed by atoms with E-state index in [-0.39, 0.29) is 36.0 Å². The van der Waals surface area contributed by atoms with Crippen molar-refractivity contribution in [2.45, 2.75) is 12.6 Å². The number of hydrogen-bond acceptors (Lipinski definition) is 3. The molecule has 4 nitrogen and oxygen atoms in total. The van der Waals surface area contributed by atoms with Gasteiger partial charge in [-0.2, -0.15) is 13.2 Å². The van der Waals surface area contributed by atoms with Gasteiger partial charge in [0.2, 0.25) is 0 Å². The summed E-state index contributed by atoms with van der Waals surface area (Å²) in [7, 11) is 0. The van der Waals surface area contributed by atoms with Crippen molar-refractivity contribution in [2.24, 2.45) is 0 Å². The lowest BCUT2D eigenvalue weighted by molar-refractivity contribution is -0.0944. The maximum Gasteiger partial charge on any atom is 0.412 e. The van der Waals surface area contributed by atoms with Gasteiger partial charge in [0.15, 0.2) is 0 Å². The van der Waals surface area contributed by atoms with Crippen molar-refractivity contribution in [3.8, 4) is 0 Å². The van der Waals surface area contributed by atoms with E-state index in [9.17, 15) is 18.0 Å². The molecular weight excluding hydrogens is 297 g/mol. The molecule has 2 rings (SSSR count). The molecule has 1 aromatic rings. The van der Waals surface area contributed by atoms with Crippen LogP contribution >= 0.6 is 11.6 Å². The van der Waals surface area contributed by atoms with E-state index in [0.717, 1.165) is 6.08 Å². The van der Waals surface area contributed by atoms with Gasteiger partial charge in [-0.05, 0) is 18.6 Å². The second-order valence-corrected chi connectivity index (χ2v) is 4.62. The zero-order valence-electron chi connectivity index (χ0n) is 10.1. The Morgan fingerprint density at radius 1 is 1.40 bits per heavy atom. The Hall–Kier alpha value is -1.76. The van der Waals surface area contributed by atoms with Crippen molar-refractivity contribution < 1.29 is 23.1 Å². The summed E-state index contributed by atoms with van der Waals surface area (Å²) >= 11 is 5.72. The van der Waals surface area contributed by atoms with Crippen LogP contribution < -0.4 is 4.90 Å². The van der Waals surface area contributed by atoms with E-state index in [0.29, 0.717) is 0 Å². The Labute approximate surface area is 117 Å². The number of aromatic carboxylic acids is 1. The highest BCUT2D eigenvalue weighted by Crippen LogP contribution is 2.32. The Kier molecular flexibility index (Phi) is 3.89. The van der Waals surface area contributed by atoms with Crippen LogP contribution in [0.1, 0.15) is 16.8 Å². The first kappa shape index (κ1) is 14.6. The zero-order valence-corrected chi connectivity index (χ0v) is 10.9. The van der Waals surface area contributed by atoms with Gasteiger partial charge in [-0.25, -0.2) is 9.78 Å². The molecule has 2 heterocycles. The molecule has 0 radical (unpaired) electrons. The predicted octanol–water partition coefficient (Wildman–Crippen LogP) is 3.13. The lowest BCUT2D eigenvalue weighted by Gasteiger charge is -2.29. The van der Waals surface area contributed by atoms with E-state index in [4.69, 9.17) is 16.7 Å². The third-order valence-corrected chi connectivity index (χ3v) is 3.15. The minimum atomic E-state index is -4.34. The van der Waals surface area contributed by atoms with Crippen LogP contribution in [-0.4, -0.2) is 35.3 Å². The summed E-state index contributed by atoms with van der Waals surface area (Å²) in [4.78, 5) is 16.5. The predicted molar refractivity (Wildman–Crippen MR) is 67.2 cm³/mol. The van der Waals surface area contributed by atoms with E-state index >= 15 is 0 Å². The fraction of sp³-hybridized carbons (Fsp3) is 0.333. The first-order valence-corrected chi connectivity index (χ1v) is 6.08. The van der Waals surface area contributed by atoms with Crippen LogP contribution in [0, 0.1) is 0 Å². The van der Waals surface area contributed by atoms with Crippen molar-refractivity contribution >= 4 is 23.4 Å². The monoisotopic (exact) mass is 306 g/mol. The highest BCUT2D eigenvalue weighted by Gasteiger charge is 2.35. The van der Waals surface area contributed by atoms with Gasteiger partial charge in [0.1, 0.15) is 16.5 Å². The molecule has 0 amide bonds. The number of rotatable bonds is 2. The van der Waals surface area contributed by atoms with Crippen molar-refractivity contribution in [3.05, 3.63) is 34.5 Å². The second kappa shape index (κ2) is 5.32. The maximum absolute atomic E-state index is 12.5. The SMILES string of the molecule is O=C(O)c1ccc(Cl)nc1N1CC=C(C(F)(F)F)CC1. The molecule has 8 heteroatoms. The maximum atomic E-state index is 12.5. The highest BCUT2D eigenvalue weighted by atomic mass is 35.5. The summed E-state index contributed by atoms with van der Waals surface area (Å²) in [6.07, 6.45) is -3.52. The van der Waals surface area contributed by atoms with Crippen LogP contribution in [0.15, 0.2) is 23.8 Å². The molecule has 0 bridgehead atoms. The summed E-state index contributed by atoms with van der Waals surface area (Å²) in [5.41, 5.74) is -0.689. The average molecular weight is 307 g/mol. The van der Waals surface area contributed by atoms with Gasteiger partial charge < -0.3 is 10.0 Å². The van der Waals surface area contributed by atoms with Crippen LogP contribution in [-0.2, 0) is 0 Å². The molecule has 1 aromatic heterocycles. The van der Waals surface area contributed by atoms with Crippen molar-refractivity contribution in [1.29, 1.82) is 0 Å². The highest BCUT2D eigenvalue weighted by molar-refractivity contribution is 6.29. The van der Waals surface area contributed by atoms with E-state index in [1.165, 1.54) is 17.0 Å². The zero-order chi connectivity index (χ0) is 14.9. The molecular formula is C12H10ClF3N2O2. The smallest absolute Gasteiger partial charge is 0.412 e. The Morgan fingerprint density at radius 3 is 2.60 bits per heavy atom. The molecule has 0 aliphatic carbocycles. The number of aromatic nitrogens is 1. The number of hydrogen-bond donors (Lipinski definition) is 1. The Balaban J connectivity index is 2.29. The van der Waals surface area contributed by atoms with Crippen LogP contribution in [0.25, 0.3) is 0 Å². The molecule has 0 aromatic carbocycles. The summed E-state index contributed by atoms with van der Waals surface area (Å²) in [6, 6.07) is 2.62. The first-order chi connectivity index (χ1) is 9.29. The summed E-state index contributed by atoms with van der Waals surface area (Å²) in [5.74, 6) is -1.11. The normalized spacial score (nSPS) is 16.0. The van der Waals surface area contributed by atoms with Gasteiger partial charge in [0.25, 0.3) is 0 Å². The van der Waals surface area contributed by atoms with Gasteiger partial charge >= 0.3 is 12.1 Å². The van der Waals surface area contributed by atoms with Crippen LogP contribution in [0.4, 0.5) is 19.0 Å². The number of alkyl halides is 3. The third-order valence-electron chi connectivity index (χ3n) is 2.94. The molecule has 1 aliphatic rings. The second-order valence-electron chi connectivity index (χ2n) is 4.23. The molecule has 0 saturated carbocycles. The summed E-state index contributed by atoms with van der Waals surface area (Å²) < 4.78 is 37.6. The Bertz CT molecular complexity index is 572. The third kappa shape index (κ3) is 3.04. The van der Waals surface area contributed by atoms with Gasteiger partial charge in [0.05, 0.1) is 0 Å². The number of anilines is 1. The molecule has 0 unspecified atom stereocenters. The molecule has 0 saturated heterocycles. The molecule has 108 valence electrons. The number of carbonyl (C=O) groups is 1. The molecule has 0 spiro atoms. The minimum absolute atomic E-state index is 0.0406. The molecule has 20 heavy (non-hydrogen) atoms. The molecule has 1 N–H and O–H groups in total. The number of nitrogens with zero attached hydrogens (tertiary/aromatic N) is 2. The van der Waals surface area contributed by atoms with E-state index in [1.807, 2.05) is 0 Å². The lowest BCUT2D eigenvalue weighted by atomic mass is 10.1. The number of halogens is 4. The lowest BCUT2D eigenvalue weighted by Crippen LogP contribution is -2.33. The van der Waals surface area contributed by atoms with E-state index in [1.54, 1.807) is 0 Å². The van der Waals surface area contributed by atoms with Gasteiger partial charge in [0, 0.05) is 18.7 Å². The van der Waals surface area contributed by atoms with Crippen molar-refractivity contribution in [2.75, 3.05) is 18.0 Å². The summed E-state index contributed by atoms with van der Waals surface area (Å²) in [5, 5.41) is 9.16. The minimum Gasteiger partial charge on any atom is -0.478 e. The van der Waals surface area contributed by atoms with Crippen LogP contribution in [0.2, 0.25) is 5.15 Å². The topological polar surface area (TPSA) is 53.4 Å². The summed E-state index contributed by atoms with van der Waals surface area (Å²) in [6.45, 7) is -0.0125. The van der Waals surface area contributed by atoms with Gasteiger partial charge in [-0.15, -0.1) is 0 Å². The molecule has 1 aliphatic heterocycles. The van der Waals surface area contributed by atoms with Crippen molar-refractivity contribution in [1.82, 2.24) is 4.98 Å². The van der Waals surface area contributed by atoms with Crippen LogP contribution in [0.5, 0.6) is 0 Å². The average Bonchev–Trinajstić information content (AvgIpc) is 2.37. The van der Waals surface area contributed by atoms with Gasteiger partial charge in [-0.3, -0.25) is 0 Å². The molecule has 0 atom stereocenters. The van der Waals surface area contributed by atoms with Crippen LogP contribution in [0.3, 0.4) is 0 Å². The standard InChI is InChI=1S/C12H10ClF3N2O2/c13-9-2-1-8(11(19)20)10(17-9)18-5-3-7(4-6-18)12(14,15)16/h1-3H,4-6H2,(H,19,20). The van der Waals surface area contributed by atoms with Crippen molar-refractivity contribution in [3.63, 3.8) is 0 Å². The fourth-order valence-electron chi connectivity index (χ4n) is 1.95. The number of pyridine rings is 1. The fourth-order valence-corrected chi connectivity index (χ4v) is 2.10. The van der Waals surface area contributed by atoms with Gasteiger partial charge in [-0.1, -0.05) is 17.7 Å². The Morgan fingerprint density at radius 2 is 2.10 bits per heavy atom. The largest absolute Gasteiger partial charge is 0.478 e. The number of carboxylic acids is 1. The van der Waals surface area contributed by atoms with E-state index < -0.39 is 17.7 Å².